The van der Waals surface area contributed by atoms with E-state index >= 15 is 0 Å². The second kappa shape index (κ2) is 5.45. The first-order chi connectivity index (χ1) is 11.2. The maximum absolute atomic E-state index is 10.6. The average Bonchev–Trinajstić information content (AvgIpc) is 3.06. The van der Waals surface area contributed by atoms with Crippen LogP contribution < -0.4 is 0 Å². The fourth-order valence-electron chi connectivity index (χ4n) is 2.70. The van der Waals surface area contributed by atoms with Crippen LogP contribution in [0.1, 0.15) is 0 Å². The van der Waals surface area contributed by atoms with E-state index in [9.17, 15) is 5.11 Å². The molecule has 4 heteroatoms. The van der Waals surface area contributed by atoms with E-state index in [1.54, 1.807) is 0 Å². The van der Waals surface area contributed by atoms with Gasteiger partial charge in [-0.15, -0.1) is 0 Å². The molecule has 0 radical (unpaired) electrons. The van der Waals surface area contributed by atoms with Gasteiger partial charge in [0.15, 0.2) is 0 Å². The van der Waals surface area contributed by atoms with Crippen LogP contribution in [0.15, 0.2) is 66.7 Å². The number of aromatic nitrogens is 2. The molecule has 0 atom stereocenters. The molecule has 0 aliphatic heterocycles. The van der Waals surface area contributed by atoms with Gasteiger partial charge in [-0.25, -0.2) is 0 Å². The SMILES string of the molecule is Oc1c(-c2cc(-c3ccc(Cl)cc3)n[nH]2)ccc2ccccc12. The molecule has 0 spiro atoms. The molecule has 0 saturated heterocycles. The fraction of sp³-hybridized carbons (Fsp3) is 0. The summed E-state index contributed by atoms with van der Waals surface area (Å²) in [5.74, 6) is 0.259. The Morgan fingerprint density at radius 1 is 0.913 bits per heavy atom. The van der Waals surface area contributed by atoms with E-state index in [4.69, 9.17) is 11.6 Å². The lowest BCUT2D eigenvalue weighted by Crippen LogP contribution is -1.81. The summed E-state index contributed by atoms with van der Waals surface area (Å²) in [7, 11) is 0. The molecule has 0 unspecified atom stereocenters. The first kappa shape index (κ1) is 13.9. The van der Waals surface area contributed by atoms with Gasteiger partial charge in [0.1, 0.15) is 5.75 Å². The summed E-state index contributed by atoms with van der Waals surface area (Å²) >= 11 is 5.92. The maximum Gasteiger partial charge on any atom is 0.132 e. The minimum absolute atomic E-state index is 0.259. The van der Waals surface area contributed by atoms with E-state index in [-0.39, 0.29) is 5.75 Å². The van der Waals surface area contributed by atoms with Crippen LogP contribution in [0.4, 0.5) is 0 Å². The van der Waals surface area contributed by atoms with Crippen LogP contribution in [0.25, 0.3) is 33.3 Å². The Hall–Kier alpha value is -2.78. The van der Waals surface area contributed by atoms with Crippen LogP contribution in [-0.2, 0) is 0 Å². The zero-order valence-corrected chi connectivity index (χ0v) is 12.9. The summed E-state index contributed by atoms with van der Waals surface area (Å²) in [6.45, 7) is 0. The Labute approximate surface area is 138 Å². The number of phenolic OH excluding ortho intramolecular Hbond substituents is 1. The summed E-state index contributed by atoms with van der Waals surface area (Å²) in [5.41, 5.74) is 3.29. The standard InChI is InChI=1S/C19H13ClN2O/c20-14-8-5-13(6-9-14)17-11-18(22-21-17)16-10-7-12-3-1-2-4-15(12)19(16)23/h1-11,23H,(H,21,22). The van der Waals surface area contributed by atoms with Crippen molar-refractivity contribution in [3.05, 3.63) is 71.8 Å². The number of nitrogens with one attached hydrogen (secondary N) is 1. The van der Waals surface area contributed by atoms with Crippen LogP contribution in [0.3, 0.4) is 0 Å². The zero-order valence-electron chi connectivity index (χ0n) is 12.1. The van der Waals surface area contributed by atoms with Gasteiger partial charge in [-0.1, -0.05) is 54.1 Å². The summed E-state index contributed by atoms with van der Waals surface area (Å²) < 4.78 is 0. The summed E-state index contributed by atoms with van der Waals surface area (Å²) in [4.78, 5) is 0. The lowest BCUT2D eigenvalue weighted by molar-refractivity contribution is 0.483. The number of benzene rings is 3. The van der Waals surface area contributed by atoms with E-state index in [2.05, 4.69) is 10.2 Å². The quantitative estimate of drug-likeness (QED) is 0.529. The van der Waals surface area contributed by atoms with Crippen molar-refractivity contribution in [3.8, 4) is 28.3 Å². The Morgan fingerprint density at radius 3 is 2.52 bits per heavy atom. The van der Waals surface area contributed by atoms with Gasteiger partial charge in [0, 0.05) is 21.5 Å². The summed E-state index contributed by atoms with van der Waals surface area (Å²) in [6, 6.07) is 21.1. The number of fused-ring (bicyclic) bond motifs is 1. The van der Waals surface area contributed by atoms with Crippen molar-refractivity contribution in [1.82, 2.24) is 10.2 Å². The lowest BCUT2D eigenvalue weighted by Gasteiger charge is -2.05. The van der Waals surface area contributed by atoms with Crippen molar-refractivity contribution >= 4 is 22.4 Å². The third-order valence-electron chi connectivity index (χ3n) is 3.91. The van der Waals surface area contributed by atoms with Crippen molar-refractivity contribution in [1.29, 1.82) is 0 Å². The second-order valence-corrected chi connectivity index (χ2v) is 5.79. The zero-order chi connectivity index (χ0) is 15.8. The Balaban J connectivity index is 1.80. The second-order valence-electron chi connectivity index (χ2n) is 5.36. The monoisotopic (exact) mass is 320 g/mol. The largest absolute Gasteiger partial charge is 0.507 e. The molecule has 0 bridgehead atoms. The molecule has 0 aliphatic rings. The van der Waals surface area contributed by atoms with E-state index in [0.717, 1.165) is 33.3 Å². The van der Waals surface area contributed by atoms with E-state index in [1.807, 2.05) is 66.7 Å². The highest BCUT2D eigenvalue weighted by molar-refractivity contribution is 6.30. The number of phenols is 1. The highest BCUT2D eigenvalue weighted by Gasteiger charge is 2.11. The van der Waals surface area contributed by atoms with Gasteiger partial charge in [-0.2, -0.15) is 5.10 Å². The number of aromatic hydroxyl groups is 1. The van der Waals surface area contributed by atoms with Gasteiger partial charge in [0.25, 0.3) is 0 Å². The van der Waals surface area contributed by atoms with Crippen LogP contribution >= 0.6 is 11.6 Å². The minimum Gasteiger partial charge on any atom is -0.507 e. The Morgan fingerprint density at radius 2 is 1.70 bits per heavy atom. The number of H-pyrrole nitrogens is 1. The van der Waals surface area contributed by atoms with Crippen molar-refractivity contribution in [2.24, 2.45) is 0 Å². The predicted octanol–water partition coefficient (Wildman–Crippen LogP) is 5.26. The molecule has 0 aliphatic carbocycles. The fourth-order valence-corrected chi connectivity index (χ4v) is 2.83. The van der Waals surface area contributed by atoms with E-state index in [1.165, 1.54) is 0 Å². The summed E-state index contributed by atoms with van der Waals surface area (Å²) in [5, 5.41) is 20.4. The number of halogens is 1. The van der Waals surface area contributed by atoms with Gasteiger partial charge in [-0.05, 0) is 29.7 Å². The lowest BCUT2D eigenvalue weighted by atomic mass is 10.0. The number of nitrogens with zero attached hydrogens (tertiary/aromatic N) is 1. The van der Waals surface area contributed by atoms with Gasteiger partial charge < -0.3 is 5.11 Å². The van der Waals surface area contributed by atoms with Crippen molar-refractivity contribution in [3.63, 3.8) is 0 Å². The van der Waals surface area contributed by atoms with Gasteiger partial charge in [-0.3, -0.25) is 5.10 Å². The molecule has 23 heavy (non-hydrogen) atoms. The van der Waals surface area contributed by atoms with Gasteiger partial charge >= 0.3 is 0 Å². The minimum atomic E-state index is 0.259. The van der Waals surface area contributed by atoms with Crippen molar-refractivity contribution < 1.29 is 5.11 Å². The number of hydrogen-bond donors (Lipinski definition) is 2. The normalized spacial score (nSPS) is 11.0. The van der Waals surface area contributed by atoms with Crippen LogP contribution in [0.2, 0.25) is 5.02 Å². The van der Waals surface area contributed by atoms with Gasteiger partial charge in [0.05, 0.1) is 11.4 Å². The highest BCUT2D eigenvalue weighted by atomic mass is 35.5. The topological polar surface area (TPSA) is 48.9 Å². The molecule has 4 aromatic rings. The molecule has 112 valence electrons. The molecular formula is C19H13ClN2O. The molecule has 0 fully saturated rings. The van der Waals surface area contributed by atoms with Crippen molar-refractivity contribution in [2.75, 3.05) is 0 Å². The van der Waals surface area contributed by atoms with E-state index in [0.29, 0.717) is 5.02 Å². The molecular weight excluding hydrogens is 308 g/mol. The molecule has 3 aromatic carbocycles. The first-order valence-electron chi connectivity index (χ1n) is 7.25. The molecule has 1 aromatic heterocycles. The number of hydrogen-bond acceptors (Lipinski definition) is 2. The molecule has 2 N–H and O–H groups in total. The number of rotatable bonds is 2. The molecule has 3 nitrogen and oxygen atoms in total. The molecule has 0 saturated carbocycles. The Bertz CT molecular complexity index is 990. The average molecular weight is 321 g/mol. The third kappa shape index (κ3) is 2.45. The van der Waals surface area contributed by atoms with Gasteiger partial charge in [0.2, 0.25) is 0 Å². The van der Waals surface area contributed by atoms with Crippen molar-refractivity contribution in [2.45, 2.75) is 0 Å². The molecule has 4 rings (SSSR count). The maximum atomic E-state index is 10.6. The number of aromatic amines is 1. The van der Waals surface area contributed by atoms with Crippen LogP contribution in [0, 0.1) is 0 Å². The molecule has 1 heterocycles. The predicted molar refractivity (Wildman–Crippen MR) is 93.6 cm³/mol. The smallest absolute Gasteiger partial charge is 0.132 e. The van der Waals surface area contributed by atoms with Crippen LogP contribution in [0.5, 0.6) is 5.75 Å². The first-order valence-corrected chi connectivity index (χ1v) is 7.62. The third-order valence-corrected chi connectivity index (χ3v) is 4.16. The highest BCUT2D eigenvalue weighted by Crippen LogP contribution is 2.36. The summed E-state index contributed by atoms with van der Waals surface area (Å²) in [6.07, 6.45) is 0. The van der Waals surface area contributed by atoms with Crippen LogP contribution in [-0.4, -0.2) is 15.3 Å². The molecule has 0 amide bonds. The van der Waals surface area contributed by atoms with E-state index < -0.39 is 0 Å². The Kier molecular flexibility index (Phi) is 3.28.